The van der Waals surface area contributed by atoms with E-state index in [1.54, 1.807) is 12.3 Å². The number of halogens is 1. The number of nitrogens with one attached hydrogen (secondary N) is 1. The smallest absolute Gasteiger partial charge is 0.184 e. The molecular weight excluding hydrogens is 218 g/mol. The zero-order valence-electron chi connectivity index (χ0n) is 7.62. The normalized spacial score (nSPS) is 10.4. The van der Waals surface area contributed by atoms with Crippen LogP contribution in [-0.4, -0.2) is 11.3 Å². The number of aryl methyl sites for hydroxylation is 1. The van der Waals surface area contributed by atoms with E-state index in [2.05, 4.69) is 22.7 Å². The lowest BCUT2D eigenvalue weighted by molar-refractivity contribution is 1.04. The Bertz CT molecular complexity index is 356. The van der Waals surface area contributed by atoms with Gasteiger partial charge in [0, 0.05) is 10.6 Å². The molecule has 0 radical (unpaired) electrons. The maximum absolute atomic E-state index is 5.96. The molecule has 0 saturated heterocycles. The van der Waals surface area contributed by atoms with Crippen molar-refractivity contribution in [2.45, 2.75) is 6.92 Å². The minimum Gasteiger partial charge on any atom is -0.375 e. The number of hydrogen-bond donors (Lipinski definition) is 2. The molecule has 0 spiro atoms. The van der Waals surface area contributed by atoms with Gasteiger partial charge in [0.15, 0.2) is 5.11 Å². The number of hydrogen-bond acceptors (Lipinski definition) is 2. The molecule has 0 aliphatic carbocycles. The maximum atomic E-state index is 5.96. The van der Waals surface area contributed by atoms with Crippen molar-refractivity contribution in [3.05, 3.63) is 34.3 Å². The zero-order valence-corrected chi connectivity index (χ0v) is 9.19. The number of benzene rings is 1. The highest BCUT2D eigenvalue weighted by molar-refractivity contribution is 7.80. The first kappa shape index (κ1) is 10.9. The van der Waals surface area contributed by atoms with Crippen molar-refractivity contribution >= 4 is 35.1 Å². The quantitative estimate of drug-likeness (QED) is 0.460. The molecule has 1 aromatic rings. The topological polar surface area (TPSA) is 50.4 Å². The molecule has 0 aliphatic rings. The van der Waals surface area contributed by atoms with Gasteiger partial charge in [-0.05, 0) is 30.8 Å². The van der Waals surface area contributed by atoms with Gasteiger partial charge < -0.3 is 5.73 Å². The predicted octanol–water partition coefficient (Wildman–Crippen LogP) is 1.82. The Morgan fingerprint density at radius 2 is 2.36 bits per heavy atom. The Morgan fingerprint density at radius 1 is 1.64 bits per heavy atom. The number of hydrazone groups is 1. The van der Waals surface area contributed by atoms with E-state index in [-0.39, 0.29) is 5.11 Å². The fraction of sp³-hybridized carbons (Fsp3) is 0.111. The second kappa shape index (κ2) is 4.93. The molecule has 1 rings (SSSR count). The van der Waals surface area contributed by atoms with Gasteiger partial charge >= 0.3 is 0 Å². The molecule has 0 bridgehead atoms. The summed E-state index contributed by atoms with van der Waals surface area (Å²) in [5.74, 6) is 0. The molecule has 0 atom stereocenters. The molecule has 1 aromatic carbocycles. The van der Waals surface area contributed by atoms with Crippen LogP contribution < -0.4 is 11.2 Å². The third-order valence-corrected chi connectivity index (χ3v) is 2.06. The minimum atomic E-state index is 0.131. The Hall–Kier alpha value is -1.13. The van der Waals surface area contributed by atoms with Crippen LogP contribution in [0, 0.1) is 6.92 Å². The van der Waals surface area contributed by atoms with Crippen molar-refractivity contribution in [2.24, 2.45) is 10.8 Å². The van der Waals surface area contributed by atoms with E-state index in [1.165, 1.54) is 0 Å². The van der Waals surface area contributed by atoms with Crippen LogP contribution >= 0.6 is 23.8 Å². The van der Waals surface area contributed by atoms with Crippen molar-refractivity contribution < 1.29 is 0 Å². The highest BCUT2D eigenvalue weighted by Gasteiger charge is 1.99. The van der Waals surface area contributed by atoms with E-state index in [9.17, 15) is 0 Å². The lowest BCUT2D eigenvalue weighted by Gasteiger charge is -2.01. The zero-order chi connectivity index (χ0) is 10.6. The molecule has 0 saturated carbocycles. The fourth-order valence-corrected chi connectivity index (χ4v) is 1.29. The molecule has 0 aromatic heterocycles. The van der Waals surface area contributed by atoms with E-state index in [0.717, 1.165) is 11.1 Å². The highest BCUT2D eigenvalue weighted by Crippen LogP contribution is 2.16. The molecule has 0 fully saturated rings. The molecule has 14 heavy (non-hydrogen) atoms. The van der Waals surface area contributed by atoms with Crippen molar-refractivity contribution in [2.75, 3.05) is 0 Å². The number of rotatable bonds is 2. The molecule has 0 unspecified atom stereocenters. The van der Waals surface area contributed by atoms with Gasteiger partial charge in [-0.1, -0.05) is 23.7 Å². The van der Waals surface area contributed by atoms with Crippen molar-refractivity contribution in [3.8, 4) is 0 Å². The fourth-order valence-electron chi connectivity index (χ4n) is 0.969. The second-order valence-corrected chi connectivity index (χ2v) is 3.55. The molecule has 74 valence electrons. The van der Waals surface area contributed by atoms with Gasteiger partial charge in [0.2, 0.25) is 0 Å². The molecule has 3 N–H and O–H groups in total. The van der Waals surface area contributed by atoms with Gasteiger partial charge in [-0.25, -0.2) is 0 Å². The van der Waals surface area contributed by atoms with E-state index in [1.807, 2.05) is 19.1 Å². The van der Waals surface area contributed by atoms with Gasteiger partial charge in [0.1, 0.15) is 0 Å². The molecule has 3 nitrogen and oxygen atoms in total. The van der Waals surface area contributed by atoms with Crippen LogP contribution in [0.1, 0.15) is 11.1 Å². The maximum Gasteiger partial charge on any atom is 0.184 e. The first-order valence-corrected chi connectivity index (χ1v) is 4.73. The summed E-state index contributed by atoms with van der Waals surface area (Å²) in [4.78, 5) is 0. The van der Waals surface area contributed by atoms with E-state index < -0.39 is 0 Å². The largest absolute Gasteiger partial charge is 0.375 e. The van der Waals surface area contributed by atoms with Gasteiger partial charge in [0.05, 0.1) is 6.21 Å². The summed E-state index contributed by atoms with van der Waals surface area (Å²) >= 11 is 10.6. The second-order valence-electron chi connectivity index (χ2n) is 2.70. The first-order chi connectivity index (χ1) is 6.61. The Kier molecular flexibility index (Phi) is 3.85. The number of nitrogens with zero attached hydrogens (tertiary/aromatic N) is 1. The third kappa shape index (κ3) is 2.97. The SMILES string of the molecule is Cc1cccc(Cl)c1C=NNC(N)=S. The van der Waals surface area contributed by atoms with Crippen LogP contribution in [0.3, 0.4) is 0 Å². The summed E-state index contributed by atoms with van der Waals surface area (Å²) in [6.45, 7) is 1.95. The Balaban J connectivity index is 2.85. The van der Waals surface area contributed by atoms with E-state index >= 15 is 0 Å². The lowest BCUT2D eigenvalue weighted by Crippen LogP contribution is -2.24. The van der Waals surface area contributed by atoms with Crippen molar-refractivity contribution in [1.82, 2.24) is 5.43 Å². The summed E-state index contributed by atoms with van der Waals surface area (Å²) in [5, 5.41) is 4.62. The average molecular weight is 228 g/mol. The van der Waals surface area contributed by atoms with Crippen LogP contribution in [0.2, 0.25) is 5.02 Å². The summed E-state index contributed by atoms with van der Waals surface area (Å²) in [7, 11) is 0. The van der Waals surface area contributed by atoms with Gasteiger partial charge in [-0.2, -0.15) is 5.10 Å². The van der Waals surface area contributed by atoms with Crippen LogP contribution in [0.5, 0.6) is 0 Å². The van der Waals surface area contributed by atoms with Crippen LogP contribution in [0.25, 0.3) is 0 Å². The summed E-state index contributed by atoms with van der Waals surface area (Å²) in [5.41, 5.74) is 9.58. The Labute approximate surface area is 92.9 Å². The molecule has 0 heterocycles. The van der Waals surface area contributed by atoms with Crippen LogP contribution in [0.15, 0.2) is 23.3 Å². The number of thiocarbonyl (C=S) groups is 1. The van der Waals surface area contributed by atoms with Crippen molar-refractivity contribution in [3.63, 3.8) is 0 Å². The average Bonchev–Trinajstić information content (AvgIpc) is 2.09. The minimum absolute atomic E-state index is 0.131. The standard InChI is InChI=1S/C9H10ClN3S/c1-6-3-2-4-8(10)7(6)5-12-13-9(11)14/h2-5H,1H3,(H3,11,13,14). The van der Waals surface area contributed by atoms with E-state index in [4.69, 9.17) is 17.3 Å². The third-order valence-electron chi connectivity index (χ3n) is 1.64. The molecule has 5 heteroatoms. The lowest BCUT2D eigenvalue weighted by atomic mass is 10.1. The monoisotopic (exact) mass is 227 g/mol. The highest BCUT2D eigenvalue weighted by atomic mass is 35.5. The summed E-state index contributed by atoms with van der Waals surface area (Å²) in [6.07, 6.45) is 1.59. The van der Waals surface area contributed by atoms with Gasteiger partial charge in [0.25, 0.3) is 0 Å². The van der Waals surface area contributed by atoms with Gasteiger partial charge in [-0.15, -0.1) is 0 Å². The molecule has 0 aliphatic heterocycles. The first-order valence-electron chi connectivity index (χ1n) is 3.95. The van der Waals surface area contributed by atoms with Crippen molar-refractivity contribution in [1.29, 1.82) is 0 Å². The van der Waals surface area contributed by atoms with Gasteiger partial charge in [-0.3, -0.25) is 5.43 Å². The van der Waals surface area contributed by atoms with Crippen LogP contribution in [-0.2, 0) is 0 Å². The summed E-state index contributed by atoms with van der Waals surface area (Å²) in [6, 6.07) is 5.64. The summed E-state index contributed by atoms with van der Waals surface area (Å²) < 4.78 is 0. The van der Waals surface area contributed by atoms with E-state index in [0.29, 0.717) is 5.02 Å². The predicted molar refractivity (Wildman–Crippen MR) is 63.7 cm³/mol. The Morgan fingerprint density at radius 3 is 2.93 bits per heavy atom. The molecule has 0 amide bonds. The molecular formula is C9H10ClN3S. The number of nitrogens with two attached hydrogens (primary N) is 1. The van der Waals surface area contributed by atoms with Crippen LogP contribution in [0.4, 0.5) is 0 Å².